The number of nitrogens with one attached hydrogen (secondary N) is 1. The van der Waals surface area contributed by atoms with Crippen LogP contribution in [0.1, 0.15) is 20.3 Å². The monoisotopic (exact) mass is 202 g/mol. The van der Waals surface area contributed by atoms with Crippen LogP contribution in [0.2, 0.25) is 0 Å². The van der Waals surface area contributed by atoms with Gasteiger partial charge in [0.15, 0.2) is 0 Å². The molecule has 3 nitrogen and oxygen atoms in total. The van der Waals surface area contributed by atoms with Crippen molar-refractivity contribution in [3.05, 3.63) is 0 Å². The highest BCUT2D eigenvalue weighted by atomic mass is 32.2. The van der Waals surface area contributed by atoms with Crippen LogP contribution < -0.4 is 11.1 Å². The van der Waals surface area contributed by atoms with E-state index in [2.05, 4.69) is 19.2 Å². The summed E-state index contributed by atoms with van der Waals surface area (Å²) in [6.45, 7) is 4.83. The summed E-state index contributed by atoms with van der Waals surface area (Å²) >= 11 is 1.95. The predicted octanol–water partition coefficient (Wildman–Crippen LogP) is 0.593. The van der Waals surface area contributed by atoms with Crippen molar-refractivity contribution >= 4 is 17.7 Å². The largest absolute Gasteiger partial charge is 0.369 e. The minimum Gasteiger partial charge on any atom is -0.369 e. The molecular formula is C9H18N2OS. The number of hydrogen-bond donors (Lipinski definition) is 2. The van der Waals surface area contributed by atoms with Gasteiger partial charge in [0, 0.05) is 11.8 Å². The maximum Gasteiger partial charge on any atom is 0.231 e. The maximum absolute atomic E-state index is 10.6. The Morgan fingerprint density at radius 3 is 2.92 bits per heavy atom. The zero-order valence-electron chi connectivity index (χ0n) is 8.30. The second-order valence-electron chi connectivity index (χ2n) is 4.43. The first-order valence-electron chi connectivity index (χ1n) is 4.59. The van der Waals surface area contributed by atoms with Gasteiger partial charge in [0.2, 0.25) is 5.91 Å². The average Bonchev–Trinajstić information content (AvgIpc) is 1.99. The number of hydrogen-bond acceptors (Lipinski definition) is 3. The molecule has 76 valence electrons. The van der Waals surface area contributed by atoms with E-state index in [1.165, 1.54) is 5.75 Å². The van der Waals surface area contributed by atoms with Crippen molar-refractivity contribution in [2.45, 2.75) is 26.3 Å². The lowest BCUT2D eigenvalue weighted by Gasteiger charge is -2.35. The Bertz CT molecular complexity index is 194. The van der Waals surface area contributed by atoms with Crippen LogP contribution in [-0.4, -0.2) is 30.0 Å². The lowest BCUT2D eigenvalue weighted by molar-refractivity contribution is -0.117. The van der Waals surface area contributed by atoms with Gasteiger partial charge in [-0.1, -0.05) is 13.8 Å². The van der Waals surface area contributed by atoms with E-state index in [0.29, 0.717) is 18.0 Å². The Balaban J connectivity index is 2.30. The molecule has 1 heterocycles. The highest BCUT2D eigenvalue weighted by Crippen LogP contribution is 2.33. The lowest BCUT2D eigenvalue weighted by atomic mass is 9.88. The molecule has 0 aromatic heterocycles. The van der Waals surface area contributed by atoms with Gasteiger partial charge < -0.3 is 11.1 Å². The Morgan fingerprint density at radius 2 is 2.38 bits per heavy atom. The van der Waals surface area contributed by atoms with Crippen LogP contribution in [0.25, 0.3) is 0 Å². The van der Waals surface area contributed by atoms with E-state index in [9.17, 15) is 4.79 Å². The van der Waals surface area contributed by atoms with Gasteiger partial charge in [-0.25, -0.2) is 0 Å². The first-order chi connectivity index (χ1) is 5.99. The van der Waals surface area contributed by atoms with E-state index in [4.69, 9.17) is 5.73 Å². The average molecular weight is 202 g/mol. The second-order valence-corrected chi connectivity index (χ2v) is 5.46. The van der Waals surface area contributed by atoms with Crippen molar-refractivity contribution in [3.63, 3.8) is 0 Å². The molecule has 1 aliphatic heterocycles. The van der Waals surface area contributed by atoms with Crippen molar-refractivity contribution in [1.29, 1.82) is 0 Å². The second kappa shape index (κ2) is 4.33. The van der Waals surface area contributed by atoms with Crippen molar-refractivity contribution in [3.8, 4) is 0 Å². The maximum atomic E-state index is 10.6. The number of amides is 1. The van der Waals surface area contributed by atoms with Gasteiger partial charge in [-0.05, 0) is 17.6 Å². The fourth-order valence-electron chi connectivity index (χ4n) is 1.64. The van der Waals surface area contributed by atoms with Gasteiger partial charge in [0.1, 0.15) is 0 Å². The van der Waals surface area contributed by atoms with Crippen molar-refractivity contribution in [2.75, 3.05) is 18.1 Å². The van der Waals surface area contributed by atoms with E-state index in [1.807, 2.05) is 11.8 Å². The van der Waals surface area contributed by atoms with Crippen molar-refractivity contribution in [1.82, 2.24) is 5.32 Å². The molecule has 0 radical (unpaired) electrons. The lowest BCUT2D eigenvalue weighted by Crippen LogP contribution is -2.43. The Kier molecular flexibility index (Phi) is 3.62. The molecule has 13 heavy (non-hydrogen) atoms. The van der Waals surface area contributed by atoms with Crippen LogP contribution in [0.5, 0.6) is 0 Å². The Hall–Kier alpha value is -0.220. The number of rotatable bonds is 3. The number of carbonyl (C=O) groups is 1. The van der Waals surface area contributed by atoms with Crippen LogP contribution in [-0.2, 0) is 4.79 Å². The fraction of sp³-hybridized carbons (Fsp3) is 0.889. The first-order valence-corrected chi connectivity index (χ1v) is 5.74. The molecule has 1 rings (SSSR count). The molecule has 1 amide bonds. The zero-order chi connectivity index (χ0) is 9.90. The molecule has 0 aromatic rings. The Morgan fingerprint density at radius 1 is 1.69 bits per heavy atom. The fourth-order valence-corrected chi connectivity index (χ4v) is 2.95. The van der Waals surface area contributed by atoms with Crippen LogP contribution in [0, 0.1) is 5.41 Å². The highest BCUT2D eigenvalue weighted by molar-refractivity contribution is 7.99. The standard InChI is InChI=1S/C9H18N2OS/c1-9(2)3-7(5-13-6-9)11-4-8(10)12/h7,11H,3-6H2,1-2H3,(H2,10,12). The van der Waals surface area contributed by atoms with E-state index in [1.54, 1.807) is 0 Å². The number of nitrogens with two attached hydrogens (primary N) is 1. The molecule has 4 heteroatoms. The minimum absolute atomic E-state index is 0.270. The molecule has 1 unspecified atom stereocenters. The molecule has 0 spiro atoms. The molecular weight excluding hydrogens is 184 g/mol. The van der Waals surface area contributed by atoms with Crippen LogP contribution in [0.3, 0.4) is 0 Å². The molecule has 1 aliphatic rings. The SMILES string of the molecule is CC1(C)CSCC(NCC(N)=O)C1. The van der Waals surface area contributed by atoms with E-state index < -0.39 is 0 Å². The Labute approximate surface area is 83.8 Å². The van der Waals surface area contributed by atoms with Gasteiger partial charge in [-0.15, -0.1) is 0 Å². The summed E-state index contributed by atoms with van der Waals surface area (Å²) in [5.41, 5.74) is 5.46. The molecule has 0 aliphatic carbocycles. The van der Waals surface area contributed by atoms with Crippen LogP contribution in [0.4, 0.5) is 0 Å². The molecule has 0 aromatic carbocycles. The number of primary amides is 1. The summed E-state index contributed by atoms with van der Waals surface area (Å²) in [6.07, 6.45) is 1.13. The predicted molar refractivity (Wildman–Crippen MR) is 56.7 cm³/mol. The summed E-state index contributed by atoms with van der Waals surface area (Å²) in [5, 5.41) is 3.18. The zero-order valence-corrected chi connectivity index (χ0v) is 9.12. The molecule has 0 bridgehead atoms. The molecule has 1 saturated heterocycles. The summed E-state index contributed by atoms with van der Waals surface area (Å²) in [6, 6.07) is 0.446. The van der Waals surface area contributed by atoms with Gasteiger partial charge in [-0.2, -0.15) is 11.8 Å². The third-order valence-electron chi connectivity index (χ3n) is 2.18. The number of thioether (sulfide) groups is 1. The highest BCUT2D eigenvalue weighted by Gasteiger charge is 2.28. The smallest absolute Gasteiger partial charge is 0.231 e. The van der Waals surface area contributed by atoms with Crippen molar-refractivity contribution in [2.24, 2.45) is 11.1 Å². The van der Waals surface area contributed by atoms with Crippen LogP contribution in [0.15, 0.2) is 0 Å². The van der Waals surface area contributed by atoms with E-state index >= 15 is 0 Å². The summed E-state index contributed by atoms with van der Waals surface area (Å²) in [5.74, 6) is 2.03. The van der Waals surface area contributed by atoms with Gasteiger partial charge in [0.05, 0.1) is 6.54 Å². The van der Waals surface area contributed by atoms with E-state index in [0.717, 1.165) is 12.2 Å². The third kappa shape index (κ3) is 4.00. The van der Waals surface area contributed by atoms with Gasteiger partial charge in [0.25, 0.3) is 0 Å². The van der Waals surface area contributed by atoms with Crippen LogP contribution >= 0.6 is 11.8 Å². The third-order valence-corrected chi connectivity index (χ3v) is 3.80. The van der Waals surface area contributed by atoms with Crippen molar-refractivity contribution < 1.29 is 4.79 Å². The first kappa shape index (κ1) is 10.9. The normalized spacial score (nSPS) is 27.1. The number of carbonyl (C=O) groups excluding carboxylic acids is 1. The van der Waals surface area contributed by atoms with E-state index in [-0.39, 0.29) is 5.91 Å². The van der Waals surface area contributed by atoms with Gasteiger partial charge >= 0.3 is 0 Å². The topological polar surface area (TPSA) is 55.1 Å². The summed E-state index contributed by atoms with van der Waals surface area (Å²) < 4.78 is 0. The molecule has 1 fully saturated rings. The summed E-state index contributed by atoms with van der Waals surface area (Å²) in [4.78, 5) is 10.6. The molecule has 1 atom stereocenters. The summed E-state index contributed by atoms with van der Waals surface area (Å²) in [7, 11) is 0. The molecule has 0 saturated carbocycles. The molecule has 3 N–H and O–H groups in total. The minimum atomic E-state index is -0.270. The van der Waals surface area contributed by atoms with Gasteiger partial charge in [-0.3, -0.25) is 4.79 Å². The quantitative estimate of drug-likeness (QED) is 0.704.